The van der Waals surface area contributed by atoms with Crippen LogP contribution < -0.4 is 0 Å². The molecule has 2 nitrogen and oxygen atoms in total. The van der Waals surface area contributed by atoms with Crippen LogP contribution in [0.2, 0.25) is 0 Å². The molecule has 0 aliphatic carbocycles. The minimum atomic E-state index is 1.08. The maximum Gasteiger partial charge on any atom is 0.115 e. The molecule has 0 unspecified atom stereocenters. The summed E-state index contributed by atoms with van der Waals surface area (Å²) in [5.74, 6) is 0. The van der Waals surface area contributed by atoms with Gasteiger partial charge < -0.3 is 0 Å². The fourth-order valence-corrected chi connectivity index (χ4v) is 3.36. The summed E-state index contributed by atoms with van der Waals surface area (Å²) < 4.78 is 0. The number of hydrogen-bond donors (Lipinski definition) is 0. The second-order valence-corrected chi connectivity index (χ2v) is 4.95. The Kier molecular flexibility index (Phi) is 1.96. The highest BCUT2D eigenvalue weighted by Gasteiger charge is 2.16. The first-order valence-electron chi connectivity index (χ1n) is 4.18. The first kappa shape index (κ1) is 8.32. The molecule has 0 N–H and O–H groups in total. The molecule has 2 aromatic rings. The van der Waals surface area contributed by atoms with Crippen LogP contribution in [0.25, 0.3) is 0 Å². The summed E-state index contributed by atoms with van der Waals surface area (Å²) in [4.78, 5) is 12.1. The molecule has 14 heavy (non-hydrogen) atoms. The van der Waals surface area contributed by atoms with Crippen molar-refractivity contribution in [2.45, 2.75) is 19.7 Å². The van der Waals surface area contributed by atoms with Crippen LogP contribution in [-0.2, 0) is 0 Å². The third-order valence-electron chi connectivity index (χ3n) is 1.91. The lowest BCUT2D eigenvalue weighted by Crippen LogP contribution is -1.91. The second-order valence-electron chi connectivity index (χ2n) is 2.83. The molecular weight excluding hydrogens is 212 g/mol. The summed E-state index contributed by atoms with van der Waals surface area (Å²) in [5, 5.41) is 1.08. The van der Waals surface area contributed by atoms with E-state index in [1.807, 2.05) is 30.7 Å². The number of pyridine rings is 2. The van der Waals surface area contributed by atoms with E-state index < -0.39 is 0 Å². The molecule has 3 heterocycles. The van der Waals surface area contributed by atoms with Gasteiger partial charge in [-0.25, -0.2) is 4.98 Å². The van der Waals surface area contributed by atoms with Gasteiger partial charge in [0.1, 0.15) is 5.03 Å². The van der Waals surface area contributed by atoms with E-state index in [9.17, 15) is 0 Å². The van der Waals surface area contributed by atoms with E-state index in [0.29, 0.717) is 0 Å². The molecule has 0 bridgehead atoms. The molecule has 1 aliphatic rings. The van der Waals surface area contributed by atoms with Crippen molar-refractivity contribution in [3.05, 3.63) is 36.8 Å². The molecule has 0 aromatic carbocycles. The summed E-state index contributed by atoms with van der Waals surface area (Å²) in [6.07, 6.45) is 5.55. The third kappa shape index (κ3) is 1.31. The van der Waals surface area contributed by atoms with Crippen molar-refractivity contribution >= 4 is 23.5 Å². The molecule has 68 valence electrons. The number of nitrogens with zero attached hydrogens (tertiary/aromatic N) is 2. The van der Waals surface area contributed by atoms with Gasteiger partial charge in [-0.15, -0.1) is 0 Å². The van der Waals surface area contributed by atoms with Gasteiger partial charge in [0, 0.05) is 33.3 Å². The monoisotopic (exact) mass is 218 g/mol. The lowest BCUT2D eigenvalue weighted by Gasteiger charge is -2.15. The van der Waals surface area contributed by atoms with Crippen molar-refractivity contribution in [3.8, 4) is 0 Å². The van der Waals surface area contributed by atoms with Gasteiger partial charge in [-0.1, -0.05) is 23.5 Å². The van der Waals surface area contributed by atoms with Crippen LogP contribution in [0.4, 0.5) is 0 Å². The zero-order chi connectivity index (χ0) is 9.38. The number of rotatable bonds is 0. The van der Waals surface area contributed by atoms with Crippen LogP contribution in [0.5, 0.6) is 0 Å². The standard InChI is InChI=1S/C10H6N2S2/c1-2-8-10(12-4-1)14-9-6-11-5-3-7(9)13-8/h1-6H. The Labute approximate surface area is 90.2 Å². The van der Waals surface area contributed by atoms with Crippen molar-refractivity contribution in [2.24, 2.45) is 0 Å². The predicted octanol–water partition coefficient (Wildman–Crippen LogP) is 3.09. The van der Waals surface area contributed by atoms with Gasteiger partial charge in [0.2, 0.25) is 0 Å². The molecule has 0 radical (unpaired) electrons. The van der Waals surface area contributed by atoms with E-state index in [-0.39, 0.29) is 0 Å². The van der Waals surface area contributed by atoms with Crippen LogP contribution in [-0.4, -0.2) is 9.97 Å². The molecule has 0 atom stereocenters. The van der Waals surface area contributed by atoms with Gasteiger partial charge in [0.25, 0.3) is 0 Å². The number of fused-ring (bicyclic) bond motifs is 2. The Balaban J connectivity index is 2.12. The Morgan fingerprint density at radius 2 is 1.93 bits per heavy atom. The highest BCUT2D eigenvalue weighted by atomic mass is 32.2. The van der Waals surface area contributed by atoms with Gasteiger partial charge in [0.15, 0.2) is 0 Å². The van der Waals surface area contributed by atoms with Crippen molar-refractivity contribution in [1.82, 2.24) is 9.97 Å². The average Bonchev–Trinajstić information content (AvgIpc) is 2.26. The van der Waals surface area contributed by atoms with E-state index in [4.69, 9.17) is 0 Å². The zero-order valence-corrected chi connectivity index (χ0v) is 8.81. The van der Waals surface area contributed by atoms with Crippen LogP contribution in [0, 0.1) is 0 Å². The van der Waals surface area contributed by atoms with E-state index in [1.54, 1.807) is 23.5 Å². The molecule has 0 spiro atoms. The molecule has 2 aromatic heterocycles. The lowest BCUT2D eigenvalue weighted by atomic mass is 10.5. The van der Waals surface area contributed by atoms with Crippen LogP contribution in [0.1, 0.15) is 0 Å². The molecule has 0 amide bonds. The summed E-state index contributed by atoms with van der Waals surface area (Å²) in [7, 11) is 0. The SMILES string of the molecule is c1cnc2c(c1)Sc1ccncc1S2. The van der Waals surface area contributed by atoms with Gasteiger partial charge in [-0.2, -0.15) is 0 Å². The summed E-state index contributed by atoms with van der Waals surface area (Å²) in [6, 6.07) is 6.12. The van der Waals surface area contributed by atoms with E-state index in [0.717, 1.165) is 5.03 Å². The fraction of sp³-hybridized carbons (Fsp3) is 0. The van der Waals surface area contributed by atoms with Crippen molar-refractivity contribution < 1.29 is 0 Å². The van der Waals surface area contributed by atoms with Crippen molar-refractivity contribution in [2.75, 3.05) is 0 Å². The van der Waals surface area contributed by atoms with Crippen LogP contribution >= 0.6 is 23.5 Å². The maximum atomic E-state index is 4.33. The summed E-state index contributed by atoms with van der Waals surface area (Å²) in [6.45, 7) is 0. The fourth-order valence-electron chi connectivity index (χ4n) is 1.28. The molecule has 0 saturated carbocycles. The first-order valence-corrected chi connectivity index (χ1v) is 5.81. The van der Waals surface area contributed by atoms with E-state index in [2.05, 4.69) is 16.0 Å². The Bertz CT molecular complexity index is 398. The molecule has 3 rings (SSSR count). The highest BCUT2D eigenvalue weighted by Crippen LogP contribution is 2.46. The zero-order valence-electron chi connectivity index (χ0n) is 7.18. The minimum absolute atomic E-state index is 1.08. The van der Waals surface area contributed by atoms with Crippen molar-refractivity contribution in [1.29, 1.82) is 0 Å². The largest absolute Gasteiger partial charge is 0.263 e. The Hall–Kier alpha value is -1.00. The van der Waals surface area contributed by atoms with Gasteiger partial charge >= 0.3 is 0 Å². The Morgan fingerprint density at radius 3 is 2.93 bits per heavy atom. The predicted molar refractivity (Wildman–Crippen MR) is 56.7 cm³/mol. The molecule has 1 aliphatic heterocycles. The van der Waals surface area contributed by atoms with Crippen LogP contribution in [0.15, 0.2) is 56.5 Å². The molecule has 0 saturated heterocycles. The first-order chi connectivity index (χ1) is 6.93. The number of hydrogen-bond acceptors (Lipinski definition) is 4. The number of aromatic nitrogens is 2. The van der Waals surface area contributed by atoms with Gasteiger partial charge in [-0.3, -0.25) is 4.98 Å². The maximum absolute atomic E-state index is 4.33. The highest BCUT2D eigenvalue weighted by molar-refractivity contribution is 8.05. The quantitative estimate of drug-likeness (QED) is 0.579. The minimum Gasteiger partial charge on any atom is -0.263 e. The second kappa shape index (κ2) is 3.29. The Morgan fingerprint density at radius 1 is 0.929 bits per heavy atom. The van der Waals surface area contributed by atoms with Gasteiger partial charge in [-0.05, 0) is 18.2 Å². The summed E-state index contributed by atoms with van der Waals surface area (Å²) in [5.41, 5.74) is 0. The topological polar surface area (TPSA) is 25.8 Å². The van der Waals surface area contributed by atoms with E-state index >= 15 is 0 Å². The lowest BCUT2D eigenvalue weighted by molar-refractivity contribution is 1.00. The normalized spacial score (nSPS) is 13.1. The molecule has 4 heteroatoms. The summed E-state index contributed by atoms with van der Waals surface area (Å²) >= 11 is 3.45. The van der Waals surface area contributed by atoms with Crippen LogP contribution in [0.3, 0.4) is 0 Å². The van der Waals surface area contributed by atoms with Crippen molar-refractivity contribution in [3.63, 3.8) is 0 Å². The molecule has 0 fully saturated rings. The van der Waals surface area contributed by atoms with Gasteiger partial charge in [0.05, 0.1) is 0 Å². The van der Waals surface area contributed by atoms with E-state index in [1.165, 1.54) is 14.7 Å². The third-order valence-corrected chi connectivity index (χ3v) is 4.36. The average molecular weight is 218 g/mol. The molecular formula is C10H6N2S2. The smallest absolute Gasteiger partial charge is 0.115 e.